The zero-order valence-electron chi connectivity index (χ0n) is 17.4. The third-order valence-electron chi connectivity index (χ3n) is 4.80. The van der Waals surface area contributed by atoms with Gasteiger partial charge in [-0.15, -0.1) is 0 Å². The van der Waals surface area contributed by atoms with Crippen LogP contribution in [0.15, 0.2) is 46.4 Å². The summed E-state index contributed by atoms with van der Waals surface area (Å²) in [4.78, 5) is 38.8. The molecule has 0 aliphatic carbocycles. The number of amides is 2. The number of carbonyl (C=O) groups excluding carboxylic acids is 2. The van der Waals surface area contributed by atoms with Gasteiger partial charge >= 0.3 is 5.97 Å². The van der Waals surface area contributed by atoms with Crippen LogP contribution in [0.5, 0.6) is 11.5 Å². The van der Waals surface area contributed by atoms with Gasteiger partial charge in [-0.1, -0.05) is 28.1 Å². The number of hydrogen-bond donors (Lipinski definition) is 1. The lowest BCUT2D eigenvalue weighted by Gasteiger charge is -2.31. The SMILES string of the molecule is COc1cc(C=C2C(=O)N(C)C(=S)N(C)C2=O)c(Br)cc1OCc1cccc(C(=O)O)c1. The highest BCUT2D eigenvalue weighted by molar-refractivity contribution is 9.10. The van der Waals surface area contributed by atoms with Crippen LogP contribution in [0.2, 0.25) is 0 Å². The molecule has 0 atom stereocenters. The standard InChI is InChI=1S/C22H19BrN2O6S/c1-24-19(26)15(20(27)25(2)22(24)32)8-14-9-17(30-3)18(10-16(14)23)31-11-12-5-4-6-13(7-12)21(28)29/h4-10H,11H2,1-3H3,(H,28,29). The van der Waals surface area contributed by atoms with Gasteiger partial charge in [-0.2, -0.15) is 0 Å². The number of methoxy groups -OCH3 is 1. The van der Waals surface area contributed by atoms with E-state index >= 15 is 0 Å². The van der Waals surface area contributed by atoms with Crippen molar-refractivity contribution < 1.29 is 29.0 Å². The number of carboxylic acid groups (broad SMARTS) is 1. The third-order valence-corrected chi connectivity index (χ3v) is 6.03. The van der Waals surface area contributed by atoms with Crippen molar-refractivity contribution in [2.75, 3.05) is 21.2 Å². The topological polar surface area (TPSA) is 96.4 Å². The minimum atomic E-state index is -1.02. The molecule has 1 aliphatic heterocycles. The Balaban J connectivity index is 1.90. The fraction of sp³-hybridized carbons (Fsp3) is 0.182. The summed E-state index contributed by atoms with van der Waals surface area (Å²) in [6, 6.07) is 9.71. The van der Waals surface area contributed by atoms with Gasteiger partial charge in [0.15, 0.2) is 16.6 Å². The van der Waals surface area contributed by atoms with Gasteiger partial charge in [-0.3, -0.25) is 19.4 Å². The Bertz CT molecular complexity index is 1140. The van der Waals surface area contributed by atoms with E-state index in [1.165, 1.54) is 49.2 Å². The van der Waals surface area contributed by atoms with Crippen LogP contribution in [0.4, 0.5) is 0 Å². The van der Waals surface area contributed by atoms with Gasteiger partial charge < -0.3 is 14.6 Å². The predicted molar refractivity (Wildman–Crippen MR) is 125 cm³/mol. The molecule has 10 heteroatoms. The minimum absolute atomic E-state index is 0.0366. The van der Waals surface area contributed by atoms with Gasteiger partial charge in [0.2, 0.25) is 0 Å². The fourth-order valence-electron chi connectivity index (χ4n) is 3.02. The molecule has 8 nitrogen and oxygen atoms in total. The van der Waals surface area contributed by atoms with Gasteiger partial charge in [0.1, 0.15) is 12.2 Å². The summed E-state index contributed by atoms with van der Waals surface area (Å²) >= 11 is 8.54. The van der Waals surface area contributed by atoms with Crippen LogP contribution in [0, 0.1) is 0 Å². The predicted octanol–water partition coefficient (Wildman–Crippen LogP) is 3.33. The van der Waals surface area contributed by atoms with Crippen LogP contribution in [0.3, 0.4) is 0 Å². The molecule has 2 aromatic rings. The minimum Gasteiger partial charge on any atom is -0.493 e. The third kappa shape index (κ3) is 4.66. The smallest absolute Gasteiger partial charge is 0.335 e. The van der Waals surface area contributed by atoms with Gasteiger partial charge in [0, 0.05) is 18.6 Å². The number of carboxylic acids is 1. The van der Waals surface area contributed by atoms with Gasteiger partial charge in [-0.05, 0) is 53.7 Å². The Morgan fingerprint density at radius 3 is 2.38 bits per heavy atom. The van der Waals surface area contributed by atoms with Crippen molar-refractivity contribution in [2.24, 2.45) is 0 Å². The maximum absolute atomic E-state index is 12.6. The van der Waals surface area contributed by atoms with Crippen LogP contribution in [0.25, 0.3) is 6.08 Å². The zero-order chi connectivity index (χ0) is 23.6. The molecule has 32 heavy (non-hydrogen) atoms. The summed E-state index contributed by atoms with van der Waals surface area (Å²) in [6.07, 6.45) is 1.46. The molecule has 0 spiro atoms. The largest absolute Gasteiger partial charge is 0.493 e. The summed E-state index contributed by atoms with van der Waals surface area (Å²) in [5.41, 5.74) is 1.34. The molecular formula is C22H19BrN2O6S. The Morgan fingerprint density at radius 2 is 1.78 bits per heavy atom. The van der Waals surface area contributed by atoms with E-state index < -0.39 is 17.8 Å². The van der Waals surface area contributed by atoms with Crippen molar-refractivity contribution in [2.45, 2.75) is 6.61 Å². The molecule has 0 unspecified atom stereocenters. The number of rotatable bonds is 6. The normalized spacial score (nSPS) is 14.0. The maximum Gasteiger partial charge on any atom is 0.335 e. The second-order valence-corrected chi connectivity index (χ2v) is 8.11. The van der Waals surface area contributed by atoms with Crippen molar-refractivity contribution in [1.29, 1.82) is 0 Å². The van der Waals surface area contributed by atoms with E-state index in [4.69, 9.17) is 26.8 Å². The van der Waals surface area contributed by atoms with Crippen molar-refractivity contribution in [3.63, 3.8) is 0 Å². The second kappa shape index (κ2) is 9.49. The van der Waals surface area contributed by atoms with Crippen LogP contribution in [-0.2, 0) is 16.2 Å². The first kappa shape index (κ1) is 23.4. The van der Waals surface area contributed by atoms with E-state index in [9.17, 15) is 14.4 Å². The second-order valence-electron chi connectivity index (χ2n) is 6.89. The summed E-state index contributed by atoms with van der Waals surface area (Å²) < 4.78 is 11.8. The molecule has 1 heterocycles. The summed E-state index contributed by atoms with van der Waals surface area (Å²) in [5, 5.41) is 9.26. The number of likely N-dealkylation sites (N-methyl/N-ethyl adjacent to an activating group) is 2. The first-order valence-corrected chi connectivity index (χ1v) is 10.5. The van der Waals surface area contributed by atoms with Crippen LogP contribution < -0.4 is 9.47 Å². The Kier molecular flexibility index (Phi) is 6.95. The van der Waals surface area contributed by atoms with Gasteiger partial charge in [-0.25, -0.2) is 4.79 Å². The van der Waals surface area contributed by atoms with E-state index in [2.05, 4.69) is 15.9 Å². The molecule has 3 rings (SSSR count). The fourth-order valence-corrected chi connectivity index (χ4v) is 3.62. The molecule has 1 aliphatic rings. The average molecular weight is 519 g/mol. The van der Waals surface area contributed by atoms with E-state index in [-0.39, 0.29) is 22.9 Å². The van der Waals surface area contributed by atoms with E-state index in [0.29, 0.717) is 27.1 Å². The lowest BCUT2D eigenvalue weighted by molar-refractivity contribution is -0.132. The van der Waals surface area contributed by atoms with Gasteiger partial charge in [0.25, 0.3) is 11.8 Å². The Hall–Kier alpha value is -3.24. The van der Waals surface area contributed by atoms with E-state index in [0.717, 1.165) is 0 Å². The molecule has 1 N–H and O–H groups in total. The molecule has 2 amide bonds. The van der Waals surface area contributed by atoms with Gasteiger partial charge in [0.05, 0.1) is 12.7 Å². The number of nitrogens with zero attached hydrogens (tertiary/aromatic N) is 2. The van der Waals surface area contributed by atoms with Crippen LogP contribution >= 0.6 is 28.1 Å². The zero-order valence-corrected chi connectivity index (χ0v) is 19.8. The summed E-state index contributed by atoms with van der Waals surface area (Å²) in [7, 11) is 4.48. The highest BCUT2D eigenvalue weighted by atomic mass is 79.9. The first-order valence-electron chi connectivity index (χ1n) is 9.28. The lowest BCUT2D eigenvalue weighted by Crippen LogP contribution is -2.52. The molecule has 2 aromatic carbocycles. The Morgan fingerprint density at radius 1 is 1.12 bits per heavy atom. The lowest BCUT2D eigenvalue weighted by atomic mass is 10.1. The molecule has 1 saturated heterocycles. The van der Waals surface area contributed by atoms with Crippen LogP contribution in [-0.4, -0.2) is 59.0 Å². The van der Waals surface area contributed by atoms with Crippen molar-refractivity contribution in [3.8, 4) is 11.5 Å². The molecule has 0 bridgehead atoms. The number of halogens is 1. The number of hydrogen-bond acceptors (Lipinski definition) is 6. The monoisotopic (exact) mass is 518 g/mol. The van der Waals surface area contributed by atoms with E-state index in [1.54, 1.807) is 24.3 Å². The maximum atomic E-state index is 12.6. The molecule has 1 fully saturated rings. The molecule has 166 valence electrons. The van der Waals surface area contributed by atoms with Crippen LogP contribution in [0.1, 0.15) is 21.5 Å². The summed E-state index contributed by atoms with van der Waals surface area (Å²) in [5.74, 6) is -1.24. The molecule has 0 radical (unpaired) electrons. The van der Waals surface area contributed by atoms with Crippen molar-refractivity contribution >= 4 is 57.1 Å². The number of aromatic carboxylic acids is 1. The Labute approximate surface area is 198 Å². The number of ether oxygens (including phenoxy) is 2. The highest BCUT2D eigenvalue weighted by Gasteiger charge is 2.35. The molecule has 0 aromatic heterocycles. The van der Waals surface area contributed by atoms with Crippen molar-refractivity contribution in [3.05, 3.63) is 63.1 Å². The quantitative estimate of drug-likeness (QED) is 0.355. The molecular weight excluding hydrogens is 500 g/mol. The number of benzene rings is 2. The van der Waals surface area contributed by atoms with E-state index in [1.807, 2.05) is 0 Å². The number of thiocarbonyl (C=S) groups is 1. The van der Waals surface area contributed by atoms with Crippen molar-refractivity contribution in [1.82, 2.24) is 9.80 Å². The molecule has 0 saturated carbocycles. The summed E-state index contributed by atoms with van der Waals surface area (Å²) in [6.45, 7) is 0.119. The average Bonchev–Trinajstić information content (AvgIpc) is 2.79. The highest BCUT2D eigenvalue weighted by Crippen LogP contribution is 2.35. The number of carbonyl (C=O) groups is 3. The first-order chi connectivity index (χ1) is 15.1.